The van der Waals surface area contributed by atoms with Gasteiger partial charge in [-0.2, -0.15) is 0 Å². The van der Waals surface area contributed by atoms with Crippen molar-refractivity contribution in [1.29, 1.82) is 0 Å². The fraction of sp³-hybridized carbons (Fsp3) is 0.154. The van der Waals surface area contributed by atoms with Crippen molar-refractivity contribution in [2.24, 2.45) is 0 Å². The van der Waals surface area contributed by atoms with Crippen LogP contribution in [0, 0.1) is 19.7 Å². The van der Waals surface area contributed by atoms with E-state index in [1.807, 2.05) is 0 Å². The van der Waals surface area contributed by atoms with Gasteiger partial charge in [0.2, 0.25) is 0 Å². The molecule has 112 valence electrons. The summed E-state index contributed by atoms with van der Waals surface area (Å²) < 4.78 is 40.6. The summed E-state index contributed by atoms with van der Waals surface area (Å²) in [6, 6.07) is 3.65. The lowest BCUT2D eigenvalue weighted by Gasteiger charge is -2.12. The number of nitrogens with one attached hydrogen (secondary N) is 1. The molecule has 0 aliphatic heterocycles. The van der Waals surface area contributed by atoms with Gasteiger partial charge in [-0.3, -0.25) is 4.72 Å². The third-order valence-electron chi connectivity index (χ3n) is 2.83. The predicted octanol–water partition coefficient (Wildman–Crippen LogP) is 2.87. The molecule has 3 N–H and O–H groups in total. The van der Waals surface area contributed by atoms with Gasteiger partial charge in [0.05, 0.1) is 5.69 Å². The van der Waals surface area contributed by atoms with Crippen molar-refractivity contribution in [2.75, 3.05) is 10.5 Å². The molecule has 0 fully saturated rings. The van der Waals surface area contributed by atoms with Crippen LogP contribution in [0.15, 0.2) is 29.3 Å². The lowest BCUT2D eigenvalue weighted by atomic mass is 10.2. The molecule has 2 aromatic rings. The van der Waals surface area contributed by atoms with Crippen molar-refractivity contribution in [3.63, 3.8) is 0 Å². The summed E-state index contributed by atoms with van der Waals surface area (Å²) in [6.07, 6.45) is 1.49. The van der Waals surface area contributed by atoms with Crippen molar-refractivity contribution >= 4 is 33.0 Å². The van der Waals surface area contributed by atoms with Crippen LogP contribution in [0.1, 0.15) is 11.1 Å². The average molecular weight is 330 g/mol. The number of nitrogen functional groups attached to an aromatic ring is 1. The molecule has 0 atom stereocenters. The molecular formula is C13H13ClFN3O2S. The zero-order chi connectivity index (χ0) is 15.8. The van der Waals surface area contributed by atoms with E-state index in [0.29, 0.717) is 11.1 Å². The minimum absolute atomic E-state index is 0.0235. The maximum Gasteiger partial charge on any atom is 0.264 e. The van der Waals surface area contributed by atoms with Crippen LogP contribution in [0.3, 0.4) is 0 Å². The summed E-state index contributed by atoms with van der Waals surface area (Å²) in [5, 5.41) is -0.0235. The number of nitrogens with zero attached hydrogens (tertiary/aromatic N) is 1. The second-order valence-electron chi connectivity index (χ2n) is 4.60. The quantitative estimate of drug-likeness (QED) is 0.669. The first-order chi connectivity index (χ1) is 9.70. The number of pyridine rings is 1. The van der Waals surface area contributed by atoms with E-state index < -0.39 is 20.7 Å². The third kappa shape index (κ3) is 3.25. The second-order valence-corrected chi connectivity index (χ2v) is 6.60. The molecule has 2 rings (SSSR count). The highest BCUT2D eigenvalue weighted by molar-refractivity contribution is 7.92. The van der Waals surface area contributed by atoms with Crippen molar-refractivity contribution in [3.8, 4) is 0 Å². The summed E-state index contributed by atoms with van der Waals surface area (Å²) in [5.41, 5.74) is 7.07. The van der Waals surface area contributed by atoms with Gasteiger partial charge in [-0.15, -0.1) is 0 Å². The fourth-order valence-electron chi connectivity index (χ4n) is 1.70. The van der Waals surface area contributed by atoms with Crippen LogP contribution in [0.2, 0.25) is 5.15 Å². The number of aryl methyl sites for hydroxylation is 2. The first-order valence-corrected chi connectivity index (χ1v) is 7.77. The van der Waals surface area contributed by atoms with Gasteiger partial charge in [-0.05, 0) is 43.2 Å². The molecule has 8 heteroatoms. The highest BCUT2D eigenvalue weighted by Crippen LogP contribution is 2.26. The van der Waals surface area contributed by atoms with Gasteiger partial charge in [0, 0.05) is 11.9 Å². The van der Waals surface area contributed by atoms with Crippen molar-refractivity contribution in [3.05, 3.63) is 46.5 Å². The molecule has 1 aromatic carbocycles. The molecule has 0 bridgehead atoms. The molecule has 21 heavy (non-hydrogen) atoms. The first-order valence-electron chi connectivity index (χ1n) is 5.91. The molecule has 0 saturated carbocycles. The molecule has 0 aliphatic rings. The molecule has 1 aromatic heterocycles. The highest BCUT2D eigenvalue weighted by atomic mass is 35.5. The van der Waals surface area contributed by atoms with E-state index in [-0.39, 0.29) is 16.5 Å². The van der Waals surface area contributed by atoms with Crippen LogP contribution in [-0.4, -0.2) is 13.4 Å². The molecule has 5 nitrogen and oxygen atoms in total. The van der Waals surface area contributed by atoms with Crippen molar-refractivity contribution < 1.29 is 12.8 Å². The zero-order valence-corrected chi connectivity index (χ0v) is 12.9. The Labute approximate surface area is 127 Å². The monoisotopic (exact) mass is 329 g/mol. The van der Waals surface area contributed by atoms with Gasteiger partial charge >= 0.3 is 0 Å². The van der Waals surface area contributed by atoms with Gasteiger partial charge in [0.25, 0.3) is 10.0 Å². The van der Waals surface area contributed by atoms with E-state index in [4.69, 9.17) is 17.3 Å². The van der Waals surface area contributed by atoms with Crippen molar-refractivity contribution in [1.82, 2.24) is 4.98 Å². The molecule has 0 spiro atoms. The number of nitrogens with two attached hydrogens (primary N) is 1. The largest absolute Gasteiger partial charge is 0.398 e. The Morgan fingerprint density at radius 2 is 1.95 bits per heavy atom. The predicted molar refractivity (Wildman–Crippen MR) is 80.3 cm³/mol. The Morgan fingerprint density at radius 1 is 1.29 bits per heavy atom. The number of hydrogen-bond donors (Lipinski definition) is 2. The Balaban J connectivity index is 2.48. The van der Waals surface area contributed by atoms with Crippen molar-refractivity contribution in [2.45, 2.75) is 18.7 Å². The summed E-state index contributed by atoms with van der Waals surface area (Å²) in [5.74, 6) is -0.883. The zero-order valence-electron chi connectivity index (χ0n) is 11.3. The number of sulfonamides is 1. The molecule has 0 amide bonds. The van der Waals surface area contributed by atoms with E-state index in [0.717, 1.165) is 12.1 Å². The summed E-state index contributed by atoms with van der Waals surface area (Å²) >= 11 is 5.83. The normalized spacial score (nSPS) is 11.4. The smallest absolute Gasteiger partial charge is 0.264 e. The Kier molecular flexibility index (Phi) is 4.06. The third-order valence-corrected chi connectivity index (χ3v) is 4.51. The fourth-order valence-corrected chi connectivity index (χ4v) is 3.06. The minimum Gasteiger partial charge on any atom is -0.398 e. The topological polar surface area (TPSA) is 85.1 Å². The second kappa shape index (κ2) is 5.50. The number of anilines is 2. The Hall–Kier alpha value is -1.86. The Morgan fingerprint density at radius 3 is 2.62 bits per heavy atom. The Bertz CT molecular complexity index is 809. The molecular weight excluding hydrogens is 317 g/mol. The highest BCUT2D eigenvalue weighted by Gasteiger charge is 2.21. The van der Waals surface area contributed by atoms with E-state index in [1.165, 1.54) is 12.3 Å². The standard InChI is InChI=1S/C13H13ClFN3O2S/c1-7-3-11(13(14)17-6-7)18-21(19,20)12-5-10(16)8(2)4-9(12)15/h3-6,18H,16H2,1-2H3. The van der Waals surface area contributed by atoms with Crippen LogP contribution in [0.25, 0.3) is 0 Å². The molecule has 0 saturated heterocycles. The number of hydrogen-bond acceptors (Lipinski definition) is 4. The molecule has 0 aliphatic carbocycles. The average Bonchev–Trinajstić information content (AvgIpc) is 2.37. The minimum atomic E-state index is -4.15. The summed E-state index contributed by atoms with van der Waals surface area (Å²) in [6.45, 7) is 3.31. The molecule has 0 radical (unpaired) electrons. The van der Waals surface area contributed by atoms with E-state index >= 15 is 0 Å². The van der Waals surface area contributed by atoms with Gasteiger partial charge in [0.1, 0.15) is 10.7 Å². The van der Waals surface area contributed by atoms with Gasteiger partial charge in [-0.1, -0.05) is 11.6 Å². The number of aromatic nitrogens is 1. The summed E-state index contributed by atoms with van der Waals surface area (Å²) in [7, 11) is -4.15. The van der Waals surface area contributed by atoms with Crippen LogP contribution in [0.4, 0.5) is 15.8 Å². The lowest BCUT2D eigenvalue weighted by Crippen LogP contribution is -2.16. The SMILES string of the molecule is Cc1cnc(Cl)c(NS(=O)(=O)c2cc(N)c(C)cc2F)c1. The maximum absolute atomic E-state index is 13.9. The van der Waals surface area contributed by atoms with Gasteiger partial charge in [0.15, 0.2) is 5.15 Å². The molecule has 0 unspecified atom stereocenters. The van der Waals surface area contributed by atoms with Crippen LogP contribution in [-0.2, 0) is 10.0 Å². The van der Waals surface area contributed by atoms with Crippen LogP contribution >= 0.6 is 11.6 Å². The summed E-state index contributed by atoms with van der Waals surface area (Å²) in [4.78, 5) is 3.29. The van der Waals surface area contributed by atoms with E-state index in [9.17, 15) is 12.8 Å². The number of benzene rings is 1. The van der Waals surface area contributed by atoms with Crippen LogP contribution < -0.4 is 10.5 Å². The number of halogens is 2. The molecule has 1 heterocycles. The lowest BCUT2D eigenvalue weighted by molar-refractivity contribution is 0.570. The number of rotatable bonds is 3. The van der Waals surface area contributed by atoms with Gasteiger partial charge in [-0.25, -0.2) is 17.8 Å². The maximum atomic E-state index is 13.9. The first kappa shape index (κ1) is 15.5. The van der Waals surface area contributed by atoms with Gasteiger partial charge < -0.3 is 5.73 Å². The van der Waals surface area contributed by atoms with Crippen LogP contribution in [0.5, 0.6) is 0 Å². The van der Waals surface area contributed by atoms with E-state index in [2.05, 4.69) is 9.71 Å². The van der Waals surface area contributed by atoms with E-state index in [1.54, 1.807) is 13.8 Å².